The minimum absolute atomic E-state index is 0.0256. The van der Waals surface area contributed by atoms with Crippen LogP contribution in [0.4, 0.5) is 0 Å². The standard InChI is InChI=1S/C15H23NO2/c1-3-14(16)15(18-13-8-9-17-10-13)12-6-4-11(2)5-7-12/h4-7,13-15H,3,8-10,16H2,1-2H3. The molecular weight excluding hydrogens is 226 g/mol. The summed E-state index contributed by atoms with van der Waals surface area (Å²) in [5.41, 5.74) is 8.62. The van der Waals surface area contributed by atoms with Crippen LogP contribution in [0.1, 0.15) is 37.0 Å². The molecule has 0 bridgehead atoms. The summed E-state index contributed by atoms with van der Waals surface area (Å²) in [6.07, 6.45) is 2.04. The van der Waals surface area contributed by atoms with Crippen LogP contribution >= 0.6 is 0 Å². The molecule has 1 aliphatic heterocycles. The van der Waals surface area contributed by atoms with Crippen molar-refractivity contribution in [3.05, 3.63) is 35.4 Å². The molecule has 0 spiro atoms. The maximum atomic E-state index is 6.20. The molecule has 1 heterocycles. The molecule has 1 aromatic carbocycles. The van der Waals surface area contributed by atoms with Crippen LogP contribution in [-0.4, -0.2) is 25.4 Å². The Morgan fingerprint density at radius 1 is 1.39 bits per heavy atom. The molecular formula is C15H23NO2. The second-order valence-electron chi connectivity index (χ2n) is 5.03. The van der Waals surface area contributed by atoms with Crippen molar-refractivity contribution in [2.45, 2.75) is 44.9 Å². The first kappa shape index (κ1) is 13.5. The second-order valence-corrected chi connectivity index (χ2v) is 5.03. The van der Waals surface area contributed by atoms with Gasteiger partial charge in [0, 0.05) is 12.6 Å². The van der Waals surface area contributed by atoms with Crippen molar-refractivity contribution in [1.29, 1.82) is 0 Å². The number of hydrogen-bond donors (Lipinski definition) is 1. The number of benzene rings is 1. The van der Waals surface area contributed by atoms with E-state index in [2.05, 4.69) is 38.1 Å². The van der Waals surface area contributed by atoms with Crippen molar-refractivity contribution in [3.8, 4) is 0 Å². The van der Waals surface area contributed by atoms with Crippen molar-refractivity contribution >= 4 is 0 Å². The molecule has 1 aliphatic rings. The fourth-order valence-corrected chi connectivity index (χ4v) is 2.22. The van der Waals surface area contributed by atoms with E-state index in [4.69, 9.17) is 15.2 Å². The maximum absolute atomic E-state index is 6.20. The Bertz CT molecular complexity index is 357. The Morgan fingerprint density at radius 3 is 2.67 bits per heavy atom. The summed E-state index contributed by atoms with van der Waals surface area (Å²) < 4.78 is 11.5. The molecule has 1 saturated heterocycles. The van der Waals surface area contributed by atoms with Gasteiger partial charge in [0.15, 0.2) is 0 Å². The molecule has 1 fully saturated rings. The number of hydrogen-bond acceptors (Lipinski definition) is 3. The van der Waals surface area contributed by atoms with Crippen molar-refractivity contribution in [3.63, 3.8) is 0 Å². The molecule has 0 aromatic heterocycles. The molecule has 2 N–H and O–H groups in total. The van der Waals surface area contributed by atoms with E-state index in [0.717, 1.165) is 19.4 Å². The third kappa shape index (κ3) is 3.31. The third-order valence-corrected chi connectivity index (χ3v) is 3.49. The Morgan fingerprint density at radius 2 is 2.11 bits per heavy atom. The van der Waals surface area contributed by atoms with Crippen molar-refractivity contribution in [1.82, 2.24) is 0 Å². The fraction of sp³-hybridized carbons (Fsp3) is 0.600. The van der Waals surface area contributed by atoms with Gasteiger partial charge in [0.2, 0.25) is 0 Å². The number of nitrogens with two attached hydrogens (primary N) is 1. The van der Waals surface area contributed by atoms with Gasteiger partial charge in [-0.1, -0.05) is 36.8 Å². The number of ether oxygens (including phenoxy) is 2. The number of rotatable bonds is 5. The van der Waals surface area contributed by atoms with Gasteiger partial charge in [0.05, 0.1) is 18.8 Å². The fourth-order valence-electron chi connectivity index (χ4n) is 2.22. The summed E-state index contributed by atoms with van der Waals surface area (Å²) in [6, 6.07) is 8.49. The molecule has 3 heteroatoms. The quantitative estimate of drug-likeness (QED) is 0.872. The van der Waals surface area contributed by atoms with Gasteiger partial charge < -0.3 is 15.2 Å². The normalized spacial score (nSPS) is 22.9. The van der Waals surface area contributed by atoms with Gasteiger partial charge in [-0.05, 0) is 25.3 Å². The van der Waals surface area contributed by atoms with Crippen LogP contribution in [0.25, 0.3) is 0 Å². The van der Waals surface area contributed by atoms with Crippen LogP contribution < -0.4 is 5.73 Å². The molecule has 3 atom stereocenters. The Balaban J connectivity index is 2.10. The highest BCUT2D eigenvalue weighted by atomic mass is 16.6. The highest BCUT2D eigenvalue weighted by Gasteiger charge is 2.25. The lowest BCUT2D eigenvalue weighted by molar-refractivity contribution is -0.0301. The van der Waals surface area contributed by atoms with E-state index in [1.807, 2.05) is 0 Å². The highest BCUT2D eigenvalue weighted by Crippen LogP contribution is 2.26. The lowest BCUT2D eigenvalue weighted by Gasteiger charge is -2.26. The van der Waals surface area contributed by atoms with Crippen molar-refractivity contribution < 1.29 is 9.47 Å². The van der Waals surface area contributed by atoms with Crippen molar-refractivity contribution in [2.75, 3.05) is 13.2 Å². The predicted molar refractivity (Wildman–Crippen MR) is 72.5 cm³/mol. The summed E-state index contributed by atoms with van der Waals surface area (Å²) in [5.74, 6) is 0. The number of aryl methyl sites for hydroxylation is 1. The largest absolute Gasteiger partial charge is 0.379 e. The lowest BCUT2D eigenvalue weighted by Crippen LogP contribution is -2.32. The minimum atomic E-state index is -0.0256. The monoisotopic (exact) mass is 249 g/mol. The first-order chi connectivity index (χ1) is 8.70. The summed E-state index contributed by atoms with van der Waals surface area (Å²) in [4.78, 5) is 0. The highest BCUT2D eigenvalue weighted by molar-refractivity contribution is 5.24. The van der Waals surface area contributed by atoms with Gasteiger partial charge in [-0.15, -0.1) is 0 Å². The average Bonchev–Trinajstić information content (AvgIpc) is 2.89. The summed E-state index contributed by atoms with van der Waals surface area (Å²) in [7, 11) is 0. The van der Waals surface area contributed by atoms with Crippen LogP contribution in [0.15, 0.2) is 24.3 Å². The van der Waals surface area contributed by atoms with Gasteiger partial charge >= 0.3 is 0 Å². The molecule has 1 aromatic rings. The predicted octanol–water partition coefficient (Wildman–Crippen LogP) is 2.58. The van der Waals surface area contributed by atoms with Gasteiger partial charge in [-0.2, -0.15) is 0 Å². The SMILES string of the molecule is CCC(N)C(OC1CCOC1)c1ccc(C)cc1. The van der Waals surface area contributed by atoms with Crippen LogP contribution in [0.3, 0.4) is 0 Å². The minimum Gasteiger partial charge on any atom is -0.379 e. The second kappa shape index (κ2) is 6.32. The van der Waals surface area contributed by atoms with Crippen LogP contribution in [0.5, 0.6) is 0 Å². The van der Waals surface area contributed by atoms with Gasteiger partial charge in [0.1, 0.15) is 0 Å². The van der Waals surface area contributed by atoms with Crippen LogP contribution in [-0.2, 0) is 9.47 Å². The molecule has 3 nitrogen and oxygen atoms in total. The van der Waals surface area contributed by atoms with E-state index in [1.165, 1.54) is 11.1 Å². The van der Waals surface area contributed by atoms with E-state index in [-0.39, 0.29) is 18.2 Å². The van der Waals surface area contributed by atoms with Gasteiger partial charge in [-0.3, -0.25) is 0 Å². The van der Waals surface area contributed by atoms with E-state index >= 15 is 0 Å². The lowest BCUT2D eigenvalue weighted by atomic mass is 9.99. The van der Waals surface area contributed by atoms with E-state index < -0.39 is 0 Å². The van der Waals surface area contributed by atoms with E-state index in [0.29, 0.717) is 6.61 Å². The maximum Gasteiger partial charge on any atom is 0.0980 e. The third-order valence-electron chi connectivity index (χ3n) is 3.49. The van der Waals surface area contributed by atoms with E-state index in [9.17, 15) is 0 Å². The topological polar surface area (TPSA) is 44.5 Å². The molecule has 0 amide bonds. The molecule has 18 heavy (non-hydrogen) atoms. The van der Waals surface area contributed by atoms with Crippen LogP contribution in [0.2, 0.25) is 0 Å². The molecule has 0 aliphatic carbocycles. The molecule has 100 valence electrons. The molecule has 3 unspecified atom stereocenters. The Kier molecular flexibility index (Phi) is 4.75. The van der Waals surface area contributed by atoms with Gasteiger partial charge in [-0.25, -0.2) is 0 Å². The Labute approximate surface area is 109 Å². The van der Waals surface area contributed by atoms with Crippen LogP contribution in [0, 0.1) is 6.92 Å². The zero-order valence-electron chi connectivity index (χ0n) is 11.3. The molecule has 2 rings (SSSR count). The zero-order chi connectivity index (χ0) is 13.0. The zero-order valence-corrected chi connectivity index (χ0v) is 11.3. The van der Waals surface area contributed by atoms with Gasteiger partial charge in [0.25, 0.3) is 0 Å². The van der Waals surface area contributed by atoms with E-state index in [1.54, 1.807) is 0 Å². The molecule has 0 saturated carbocycles. The first-order valence-corrected chi connectivity index (χ1v) is 6.76. The first-order valence-electron chi connectivity index (χ1n) is 6.76. The summed E-state index contributed by atoms with van der Waals surface area (Å²) in [6.45, 7) is 5.68. The average molecular weight is 249 g/mol. The smallest absolute Gasteiger partial charge is 0.0980 e. The summed E-state index contributed by atoms with van der Waals surface area (Å²) in [5, 5.41) is 0. The van der Waals surface area contributed by atoms with Crippen molar-refractivity contribution in [2.24, 2.45) is 5.73 Å². The molecule has 0 radical (unpaired) electrons. The Hall–Kier alpha value is -0.900. The summed E-state index contributed by atoms with van der Waals surface area (Å²) >= 11 is 0.